The molecule has 0 unspecified atom stereocenters. The van der Waals surface area contributed by atoms with Crippen LogP contribution in [-0.2, 0) is 0 Å². The average molecular weight is 454 g/mol. The number of fused-ring (bicyclic) bond motifs is 1. The van der Waals surface area contributed by atoms with E-state index >= 15 is 0 Å². The van der Waals surface area contributed by atoms with Crippen molar-refractivity contribution < 1.29 is 0 Å². The quantitative estimate of drug-likeness (QED) is 0.407. The summed E-state index contributed by atoms with van der Waals surface area (Å²) in [5, 5.41) is 1.86. The maximum absolute atomic E-state index is 4.67. The second-order valence-electron chi connectivity index (χ2n) is 4.43. The summed E-state index contributed by atoms with van der Waals surface area (Å²) in [6, 6.07) is 4.02. The Kier molecular flexibility index (Phi) is 3.77. The molecule has 108 valence electrons. The summed E-state index contributed by atoms with van der Waals surface area (Å²) < 4.78 is 1.88. The van der Waals surface area contributed by atoms with Crippen molar-refractivity contribution in [3.05, 3.63) is 45.9 Å². The van der Waals surface area contributed by atoms with Gasteiger partial charge in [0.05, 0.1) is 0 Å². The molecular formula is C14H6Br2N4S2. The number of halogens is 2. The fourth-order valence-electron chi connectivity index (χ4n) is 1.95. The van der Waals surface area contributed by atoms with Crippen molar-refractivity contribution in [1.29, 1.82) is 0 Å². The molecule has 4 heterocycles. The molecule has 0 radical (unpaired) electrons. The monoisotopic (exact) mass is 452 g/mol. The maximum Gasteiger partial charge on any atom is 0.155 e. The lowest BCUT2D eigenvalue weighted by Crippen LogP contribution is -1.79. The highest BCUT2D eigenvalue weighted by atomic mass is 79.9. The number of thiazole rings is 2. The van der Waals surface area contributed by atoms with Gasteiger partial charge in [-0.3, -0.25) is 9.97 Å². The average Bonchev–Trinajstić information content (AvgIpc) is 3.05. The molecular weight excluding hydrogens is 448 g/mol. The van der Waals surface area contributed by atoms with Gasteiger partial charge in [0, 0.05) is 44.9 Å². The molecule has 0 N–H and O–H groups in total. The lowest BCUT2D eigenvalue weighted by atomic mass is 10.3. The minimum Gasteiger partial charge on any atom is -0.263 e. The molecule has 4 aromatic rings. The van der Waals surface area contributed by atoms with Crippen LogP contribution >= 0.6 is 54.5 Å². The van der Waals surface area contributed by atoms with Crippen LogP contribution in [0.5, 0.6) is 0 Å². The molecule has 0 aromatic carbocycles. The van der Waals surface area contributed by atoms with Crippen molar-refractivity contribution in [3.8, 4) is 21.1 Å². The molecule has 0 fully saturated rings. The number of rotatable bonds is 2. The second kappa shape index (κ2) is 5.77. The van der Waals surface area contributed by atoms with Crippen LogP contribution < -0.4 is 0 Å². The van der Waals surface area contributed by atoms with E-state index in [2.05, 4.69) is 51.8 Å². The van der Waals surface area contributed by atoms with Gasteiger partial charge in [0.15, 0.2) is 9.66 Å². The van der Waals surface area contributed by atoms with E-state index in [9.17, 15) is 0 Å². The Morgan fingerprint density at radius 3 is 1.55 bits per heavy atom. The molecule has 4 aromatic heterocycles. The zero-order valence-corrected chi connectivity index (χ0v) is 15.6. The van der Waals surface area contributed by atoms with E-state index in [1.807, 2.05) is 24.5 Å². The first-order chi connectivity index (χ1) is 10.7. The molecule has 0 atom stereocenters. The van der Waals surface area contributed by atoms with Crippen LogP contribution in [-0.4, -0.2) is 19.9 Å². The Labute approximate surface area is 150 Å². The van der Waals surface area contributed by atoms with Gasteiger partial charge in [0.1, 0.15) is 10.0 Å². The summed E-state index contributed by atoms with van der Waals surface area (Å²) in [7, 11) is 0. The molecule has 4 nitrogen and oxygen atoms in total. The topological polar surface area (TPSA) is 51.6 Å². The van der Waals surface area contributed by atoms with E-state index in [0.717, 1.165) is 39.7 Å². The van der Waals surface area contributed by atoms with Gasteiger partial charge in [-0.25, -0.2) is 9.97 Å². The van der Waals surface area contributed by atoms with Crippen molar-refractivity contribution in [2.45, 2.75) is 0 Å². The first-order valence-corrected chi connectivity index (χ1v) is 9.40. The lowest BCUT2D eigenvalue weighted by molar-refractivity contribution is 1.30. The Morgan fingerprint density at radius 2 is 1.14 bits per heavy atom. The van der Waals surface area contributed by atoms with Gasteiger partial charge in [-0.05, 0) is 44.0 Å². The van der Waals surface area contributed by atoms with Gasteiger partial charge < -0.3 is 0 Å². The Balaban J connectivity index is 1.77. The largest absolute Gasteiger partial charge is 0.263 e. The molecule has 22 heavy (non-hydrogen) atoms. The van der Waals surface area contributed by atoms with Crippen molar-refractivity contribution in [3.63, 3.8) is 0 Å². The first-order valence-electron chi connectivity index (χ1n) is 6.18. The van der Waals surface area contributed by atoms with E-state index in [1.54, 1.807) is 35.1 Å². The Morgan fingerprint density at radius 1 is 0.682 bits per heavy atom. The normalized spacial score (nSPS) is 11.2. The molecule has 0 bridgehead atoms. The van der Waals surface area contributed by atoms with Crippen LogP contribution in [0.4, 0.5) is 0 Å². The van der Waals surface area contributed by atoms with E-state index in [-0.39, 0.29) is 0 Å². The van der Waals surface area contributed by atoms with Crippen LogP contribution in [0.25, 0.3) is 30.8 Å². The molecule has 0 aliphatic carbocycles. The zero-order chi connectivity index (χ0) is 15.1. The van der Waals surface area contributed by atoms with Crippen LogP contribution in [0.15, 0.2) is 45.9 Å². The van der Waals surface area contributed by atoms with Crippen molar-refractivity contribution in [2.24, 2.45) is 0 Å². The highest BCUT2D eigenvalue weighted by molar-refractivity contribution is 9.10. The second-order valence-corrected chi connectivity index (χ2v) is 8.22. The van der Waals surface area contributed by atoms with Gasteiger partial charge >= 0.3 is 0 Å². The molecule has 0 saturated heterocycles. The fourth-order valence-corrected chi connectivity index (χ4v) is 4.68. The van der Waals surface area contributed by atoms with Gasteiger partial charge in [-0.1, -0.05) is 22.7 Å². The molecule has 4 rings (SSSR count). The Hall–Kier alpha value is -1.22. The highest BCUT2D eigenvalue weighted by Crippen LogP contribution is 2.36. The summed E-state index contributed by atoms with van der Waals surface area (Å²) in [6.07, 6.45) is 7.14. The molecule has 0 saturated carbocycles. The number of hydrogen-bond donors (Lipinski definition) is 0. The summed E-state index contributed by atoms with van der Waals surface area (Å²) >= 11 is 10.0. The van der Waals surface area contributed by atoms with Crippen LogP contribution in [0, 0.1) is 0 Å². The summed E-state index contributed by atoms with van der Waals surface area (Å²) in [5.74, 6) is 0. The van der Waals surface area contributed by atoms with Crippen molar-refractivity contribution in [1.82, 2.24) is 19.9 Å². The van der Waals surface area contributed by atoms with Crippen molar-refractivity contribution >= 4 is 64.2 Å². The predicted octanol–water partition coefficient (Wildman–Crippen LogP) is 5.40. The number of nitrogens with zero attached hydrogens (tertiary/aromatic N) is 4. The van der Waals surface area contributed by atoms with Gasteiger partial charge in [-0.15, -0.1) is 0 Å². The van der Waals surface area contributed by atoms with Gasteiger partial charge in [-0.2, -0.15) is 0 Å². The standard InChI is InChI=1S/C14H6Br2N4S2/c15-9-1-7(3-17-5-9)11-19-13-14(21-11)20-12(22-13)8-2-10(16)6-18-4-8/h1-6H. The summed E-state index contributed by atoms with van der Waals surface area (Å²) in [4.78, 5) is 19.6. The molecule has 0 aliphatic rings. The molecule has 0 aliphatic heterocycles. The minimum atomic E-state index is 0.932. The van der Waals surface area contributed by atoms with E-state index in [1.165, 1.54) is 0 Å². The van der Waals surface area contributed by atoms with E-state index in [0.29, 0.717) is 0 Å². The molecule has 0 amide bonds. The smallest absolute Gasteiger partial charge is 0.155 e. The lowest BCUT2D eigenvalue weighted by Gasteiger charge is -1.96. The number of hydrogen-bond acceptors (Lipinski definition) is 6. The number of aromatic nitrogens is 4. The van der Waals surface area contributed by atoms with Crippen LogP contribution in [0.1, 0.15) is 0 Å². The highest BCUT2D eigenvalue weighted by Gasteiger charge is 2.13. The molecule has 0 spiro atoms. The number of pyridine rings is 2. The third-order valence-corrected chi connectivity index (χ3v) is 5.87. The zero-order valence-electron chi connectivity index (χ0n) is 10.8. The van der Waals surface area contributed by atoms with Gasteiger partial charge in [0.2, 0.25) is 0 Å². The molecule has 8 heteroatoms. The van der Waals surface area contributed by atoms with E-state index in [4.69, 9.17) is 0 Å². The summed E-state index contributed by atoms with van der Waals surface area (Å²) in [5.41, 5.74) is 1.99. The third kappa shape index (κ3) is 2.71. The van der Waals surface area contributed by atoms with Crippen LogP contribution in [0.3, 0.4) is 0 Å². The third-order valence-electron chi connectivity index (χ3n) is 2.88. The predicted molar refractivity (Wildman–Crippen MR) is 97.2 cm³/mol. The minimum absolute atomic E-state index is 0.932. The van der Waals surface area contributed by atoms with Crippen molar-refractivity contribution in [2.75, 3.05) is 0 Å². The van der Waals surface area contributed by atoms with E-state index < -0.39 is 0 Å². The Bertz CT molecular complexity index is 873. The first kappa shape index (κ1) is 14.4. The van der Waals surface area contributed by atoms with Gasteiger partial charge in [0.25, 0.3) is 0 Å². The summed E-state index contributed by atoms with van der Waals surface area (Å²) in [6.45, 7) is 0. The van der Waals surface area contributed by atoms with Crippen LogP contribution in [0.2, 0.25) is 0 Å². The SMILES string of the molecule is Brc1cncc(-c2nc3sc(-c4cncc(Br)c4)nc3s2)c1. The maximum atomic E-state index is 4.67. The fraction of sp³-hybridized carbons (Fsp3) is 0.